The van der Waals surface area contributed by atoms with Gasteiger partial charge in [-0.05, 0) is 150 Å². The van der Waals surface area contributed by atoms with Crippen molar-refractivity contribution < 1.29 is 46.5 Å². The quantitative estimate of drug-likeness (QED) is 0.0361. The summed E-state index contributed by atoms with van der Waals surface area (Å²) in [6.45, 7) is 25.2. The highest BCUT2D eigenvalue weighted by Crippen LogP contribution is 2.44. The number of alkyl carbamates (subject to hydrolysis) is 1. The largest absolute Gasteiger partial charge is 0.487 e. The average Bonchev–Trinajstić information content (AvgIpc) is 3.78. The number of nitrogens with two attached hydrogens (primary N) is 1. The van der Waals surface area contributed by atoms with Gasteiger partial charge in [-0.25, -0.2) is 22.7 Å². The summed E-state index contributed by atoms with van der Waals surface area (Å²) < 4.78 is 55.7. The van der Waals surface area contributed by atoms with E-state index in [1.165, 1.54) is 4.57 Å². The molecule has 6 rings (SSSR count). The summed E-state index contributed by atoms with van der Waals surface area (Å²) in [6.07, 6.45) is 1.49. The standard InChI is InChI=1S/C54H75N7O10S/c1-33-34(2)46(35(3)39-28-54(13,14)69-45(33)39)72(66,67)58-48(55)56-26-20-25-42-47(63)59(29-36-21-16-15-17-22-36)31-43(60(42)32-44(62)68-51(4,5)6)40(57-49(64)70-52(7,8)9)27-37-30-61(50(65)71-53(10,11)12)41-24-19-18-23-38(37)41/h15-19,21-24,30,40,42-43H,20,25-29,31-32H2,1-14H3,(H,57,64)(H3,55,56,58)/t40-,42-,43-/m0/s1. The molecule has 0 radical (unpaired) electrons. The van der Waals surface area contributed by atoms with Crippen molar-refractivity contribution in [2.24, 2.45) is 10.7 Å². The number of nitrogens with one attached hydrogen (secondary N) is 2. The number of hydrogen-bond acceptors (Lipinski definition) is 12. The van der Waals surface area contributed by atoms with Gasteiger partial charge in [0.05, 0.1) is 29.0 Å². The van der Waals surface area contributed by atoms with Crippen LogP contribution < -0.4 is 20.5 Å². The summed E-state index contributed by atoms with van der Waals surface area (Å²) in [7, 11) is -4.19. The van der Waals surface area contributed by atoms with Crippen molar-refractivity contribution in [3.05, 3.63) is 94.2 Å². The molecule has 3 aromatic carbocycles. The van der Waals surface area contributed by atoms with Crippen molar-refractivity contribution in [2.75, 3.05) is 19.6 Å². The number of para-hydroxylation sites is 1. The first-order valence-electron chi connectivity index (χ1n) is 24.6. The summed E-state index contributed by atoms with van der Waals surface area (Å²) in [6, 6.07) is 14.4. The minimum Gasteiger partial charge on any atom is -0.487 e. The van der Waals surface area contributed by atoms with E-state index < -0.39 is 68.7 Å². The molecule has 1 saturated heterocycles. The van der Waals surface area contributed by atoms with E-state index in [9.17, 15) is 27.6 Å². The molecular formula is C54H75N7O10S. The van der Waals surface area contributed by atoms with E-state index in [-0.39, 0.29) is 62.2 Å². The van der Waals surface area contributed by atoms with E-state index >= 15 is 0 Å². The maximum absolute atomic E-state index is 15.0. The second-order valence-electron chi connectivity index (χ2n) is 22.6. The molecule has 18 heteroatoms. The van der Waals surface area contributed by atoms with Gasteiger partial charge in [0.25, 0.3) is 10.0 Å². The molecule has 0 spiro atoms. The summed E-state index contributed by atoms with van der Waals surface area (Å²) in [5.74, 6) is -0.465. The third-order valence-corrected chi connectivity index (χ3v) is 14.1. The van der Waals surface area contributed by atoms with Crippen LogP contribution in [0.15, 0.2) is 70.7 Å². The fourth-order valence-electron chi connectivity index (χ4n) is 9.56. The smallest absolute Gasteiger partial charge is 0.419 e. The average molecular weight is 1010 g/mol. The molecule has 4 aromatic rings. The van der Waals surface area contributed by atoms with Gasteiger partial charge in [-0.15, -0.1) is 0 Å². The molecule has 4 N–H and O–H groups in total. The number of carbonyl (C=O) groups is 4. The molecule has 3 heterocycles. The Balaban J connectivity index is 1.37. The lowest BCUT2D eigenvalue weighted by Gasteiger charge is -2.48. The molecule has 72 heavy (non-hydrogen) atoms. The molecule has 392 valence electrons. The number of guanidine groups is 1. The third-order valence-electron chi connectivity index (χ3n) is 12.5. The highest BCUT2D eigenvalue weighted by molar-refractivity contribution is 7.90. The lowest BCUT2D eigenvalue weighted by molar-refractivity contribution is -0.162. The van der Waals surface area contributed by atoms with E-state index in [0.29, 0.717) is 34.4 Å². The van der Waals surface area contributed by atoms with Crippen LogP contribution in [0.25, 0.3) is 10.9 Å². The number of aliphatic imine (C=N–C) groups is 1. The topological polar surface area (TPSA) is 213 Å². The van der Waals surface area contributed by atoms with Crippen LogP contribution in [0.1, 0.15) is 122 Å². The maximum Gasteiger partial charge on any atom is 0.419 e. The minimum atomic E-state index is -4.19. The molecule has 1 fully saturated rings. The zero-order chi connectivity index (χ0) is 53.3. The monoisotopic (exact) mass is 1010 g/mol. The van der Waals surface area contributed by atoms with Gasteiger partial charge in [-0.2, -0.15) is 0 Å². The number of ether oxygens (including phenoxy) is 4. The van der Waals surface area contributed by atoms with Crippen LogP contribution in [0.3, 0.4) is 0 Å². The first-order valence-corrected chi connectivity index (χ1v) is 26.1. The summed E-state index contributed by atoms with van der Waals surface area (Å²) in [5.41, 5.74) is 8.19. The predicted molar refractivity (Wildman–Crippen MR) is 278 cm³/mol. The van der Waals surface area contributed by atoms with Crippen LogP contribution in [0.4, 0.5) is 9.59 Å². The first kappa shape index (κ1) is 55.2. The Labute approximate surface area is 425 Å². The molecular weight excluding hydrogens is 939 g/mol. The Bertz CT molecular complexity index is 2820. The number of hydrogen-bond donors (Lipinski definition) is 3. The lowest BCUT2D eigenvalue weighted by atomic mass is 9.91. The van der Waals surface area contributed by atoms with Crippen molar-refractivity contribution in [2.45, 2.75) is 175 Å². The number of esters is 1. The highest BCUT2D eigenvalue weighted by Gasteiger charge is 2.46. The number of carbonyl (C=O) groups excluding carboxylic acids is 4. The zero-order valence-electron chi connectivity index (χ0n) is 44.5. The number of fused-ring (bicyclic) bond motifs is 2. The molecule has 1 aromatic heterocycles. The predicted octanol–water partition coefficient (Wildman–Crippen LogP) is 8.00. The molecule has 0 bridgehead atoms. The normalized spacial score (nSPS) is 18.1. The molecule has 0 unspecified atom stereocenters. The molecule has 2 aliphatic rings. The number of sulfonamides is 1. The highest BCUT2D eigenvalue weighted by atomic mass is 32.2. The Morgan fingerprint density at radius 1 is 0.875 bits per heavy atom. The van der Waals surface area contributed by atoms with E-state index in [1.807, 2.05) is 75.4 Å². The van der Waals surface area contributed by atoms with Gasteiger partial charge in [0, 0.05) is 49.2 Å². The number of nitrogens with zero attached hydrogens (tertiary/aromatic N) is 4. The second kappa shape index (κ2) is 21.1. The number of aromatic nitrogens is 1. The summed E-state index contributed by atoms with van der Waals surface area (Å²) in [4.78, 5) is 64.7. The fourth-order valence-corrected chi connectivity index (χ4v) is 11.1. The van der Waals surface area contributed by atoms with E-state index in [2.05, 4.69) is 15.0 Å². The van der Waals surface area contributed by atoms with Crippen LogP contribution in [-0.2, 0) is 53.2 Å². The first-order chi connectivity index (χ1) is 33.3. The molecule has 0 aliphatic carbocycles. The van der Waals surface area contributed by atoms with Gasteiger partial charge >= 0.3 is 18.2 Å². The van der Waals surface area contributed by atoms with Crippen molar-refractivity contribution in [3.8, 4) is 5.75 Å². The van der Waals surface area contributed by atoms with Crippen LogP contribution in [0, 0.1) is 20.8 Å². The van der Waals surface area contributed by atoms with Crippen LogP contribution in [0.2, 0.25) is 0 Å². The minimum absolute atomic E-state index is 0.0225. The molecule has 2 aliphatic heterocycles. The van der Waals surface area contributed by atoms with Crippen molar-refractivity contribution >= 4 is 50.9 Å². The van der Waals surface area contributed by atoms with Crippen LogP contribution in [-0.4, -0.2) is 113 Å². The van der Waals surface area contributed by atoms with Crippen LogP contribution in [0.5, 0.6) is 5.75 Å². The molecule has 3 atom stereocenters. The Kier molecular flexibility index (Phi) is 16.2. The van der Waals surface area contributed by atoms with Gasteiger partial charge < -0.3 is 34.9 Å². The van der Waals surface area contributed by atoms with Gasteiger partial charge in [0.2, 0.25) is 11.9 Å². The van der Waals surface area contributed by atoms with E-state index in [1.54, 1.807) is 92.2 Å². The second-order valence-corrected chi connectivity index (χ2v) is 24.2. The molecule has 2 amide bonds. The van der Waals surface area contributed by atoms with Gasteiger partial charge in [0.15, 0.2) is 0 Å². The number of benzene rings is 3. The van der Waals surface area contributed by atoms with E-state index in [0.717, 1.165) is 22.1 Å². The van der Waals surface area contributed by atoms with Crippen LogP contribution >= 0.6 is 0 Å². The van der Waals surface area contributed by atoms with Crippen molar-refractivity contribution in [3.63, 3.8) is 0 Å². The Hall–Kier alpha value is -6.14. The Morgan fingerprint density at radius 2 is 1.50 bits per heavy atom. The van der Waals surface area contributed by atoms with Crippen molar-refractivity contribution in [1.82, 2.24) is 24.4 Å². The maximum atomic E-state index is 15.0. The number of amides is 2. The van der Waals surface area contributed by atoms with E-state index in [4.69, 9.17) is 24.7 Å². The SMILES string of the molecule is Cc1c(C)c(S(=O)(=O)NC(N)=NCCC[C@H]2C(=O)N(Cc3ccccc3)C[C@@H]([C@H](Cc3cn(C(=O)OC(C)(C)C)c4ccccc34)NC(=O)OC(C)(C)C)N2CC(=O)OC(C)(C)C)c(C)c2c1OC(C)(C)C2. The summed E-state index contributed by atoms with van der Waals surface area (Å²) in [5, 5.41) is 3.86. The van der Waals surface area contributed by atoms with Crippen molar-refractivity contribution in [1.29, 1.82) is 0 Å². The molecule has 0 saturated carbocycles. The summed E-state index contributed by atoms with van der Waals surface area (Å²) >= 11 is 0. The number of rotatable bonds is 14. The van der Waals surface area contributed by atoms with Gasteiger partial charge in [0.1, 0.15) is 28.2 Å². The lowest BCUT2D eigenvalue weighted by Crippen LogP contribution is -2.68. The zero-order valence-corrected chi connectivity index (χ0v) is 45.3. The third kappa shape index (κ3) is 13.7. The van der Waals surface area contributed by atoms with Gasteiger partial charge in [-0.1, -0.05) is 48.5 Å². The molecule has 17 nitrogen and oxygen atoms in total. The number of piperazine rings is 1. The fraction of sp³-hybridized carbons (Fsp3) is 0.537. The Morgan fingerprint density at radius 3 is 2.14 bits per heavy atom. The van der Waals surface area contributed by atoms with Gasteiger partial charge in [-0.3, -0.25) is 24.0 Å².